The van der Waals surface area contributed by atoms with Gasteiger partial charge in [0.15, 0.2) is 5.11 Å². The lowest BCUT2D eigenvalue weighted by Crippen LogP contribution is -2.34. The van der Waals surface area contributed by atoms with Gasteiger partial charge in [-0.3, -0.25) is 14.9 Å². The van der Waals surface area contributed by atoms with Crippen molar-refractivity contribution in [3.05, 3.63) is 59.7 Å². The molecule has 2 N–H and O–H groups in total. The van der Waals surface area contributed by atoms with Gasteiger partial charge >= 0.3 is 0 Å². The van der Waals surface area contributed by atoms with Gasteiger partial charge in [-0.15, -0.1) is 0 Å². The summed E-state index contributed by atoms with van der Waals surface area (Å²) in [6, 6.07) is 14.1. The fraction of sp³-hybridized carbons (Fsp3) is 0.375. The summed E-state index contributed by atoms with van der Waals surface area (Å²) in [4.78, 5) is 27.2. The molecule has 0 fully saturated rings. The molecule has 0 aliphatic rings. The van der Waals surface area contributed by atoms with Crippen molar-refractivity contribution in [1.29, 1.82) is 0 Å². The molecule has 0 heterocycles. The zero-order valence-electron chi connectivity index (χ0n) is 18.6. The Morgan fingerprint density at radius 2 is 1.65 bits per heavy atom. The number of carbonyl (C=O) groups excluding carboxylic acids is 2. The minimum atomic E-state index is -0.337. The smallest absolute Gasteiger partial charge is 0.257 e. The van der Waals surface area contributed by atoms with E-state index in [2.05, 4.69) is 24.5 Å². The monoisotopic (exact) mass is 441 g/mol. The van der Waals surface area contributed by atoms with Crippen LogP contribution in [-0.2, 0) is 0 Å². The second-order valence-electron chi connectivity index (χ2n) is 7.48. The Hall–Kier alpha value is -2.93. The number of nitrogens with zero attached hydrogens (tertiary/aromatic N) is 1. The minimum absolute atomic E-state index is 0.00993. The van der Waals surface area contributed by atoms with E-state index in [0.717, 1.165) is 25.9 Å². The van der Waals surface area contributed by atoms with Crippen LogP contribution in [-0.4, -0.2) is 41.0 Å². The molecular formula is C24H31N3O3S. The molecule has 7 heteroatoms. The number of amides is 2. The number of benzene rings is 2. The number of hydrogen-bond acceptors (Lipinski definition) is 4. The van der Waals surface area contributed by atoms with Crippen LogP contribution in [0, 0.1) is 0 Å². The van der Waals surface area contributed by atoms with Crippen LogP contribution >= 0.6 is 12.2 Å². The third-order valence-electron chi connectivity index (χ3n) is 4.34. The van der Waals surface area contributed by atoms with Gasteiger partial charge in [0.25, 0.3) is 11.8 Å². The fourth-order valence-corrected chi connectivity index (χ4v) is 3.30. The van der Waals surface area contributed by atoms with Crippen LogP contribution in [0.3, 0.4) is 0 Å². The zero-order chi connectivity index (χ0) is 22.8. The molecule has 0 unspecified atom stereocenters. The lowest BCUT2D eigenvalue weighted by molar-refractivity contribution is 0.0755. The van der Waals surface area contributed by atoms with Crippen molar-refractivity contribution < 1.29 is 14.3 Å². The van der Waals surface area contributed by atoms with E-state index in [0.29, 0.717) is 22.6 Å². The molecular weight excluding hydrogens is 410 g/mol. The largest absolute Gasteiger partial charge is 0.491 e. The van der Waals surface area contributed by atoms with Gasteiger partial charge in [-0.25, -0.2) is 0 Å². The summed E-state index contributed by atoms with van der Waals surface area (Å²) < 4.78 is 5.63. The Morgan fingerprint density at radius 3 is 2.29 bits per heavy atom. The Balaban J connectivity index is 2.03. The van der Waals surface area contributed by atoms with Crippen LogP contribution in [0.5, 0.6) is 5.75 Å². The lowest BCUT2D eigenvalue weighted by Gasteiger charge is -2.21. The Labute approximate surface area is 190 Å². The van der Waals surface area contributed by atoms with Crippen molar-refractivity contribution in [2.75, 3.05) is 18.4 Å². The molecule has 0 spiro atoms. The van der Waals surface area contributed by atoms with E-state index >= 15 is 0 Å². The topological polar surface area (TPSA) is 70.7 Å². The van der Waals surface area contributed by atoms with Crippen molar-refractivity contribution in [3.8, 4) is 5.75 Å². The first-order valence-electron chi connectivity index (χ1n) is 10.6. The van der Waals surface area contributed by atoms with E-state index in [9.17, 15) is 9.59 Å². The normalized spacial score (nSPS) is 10.5. The van der Waals surface area contributed by atoms with Crippen molar-refractivity contribution in [1.82, 2.24) is 10.2 Å². The highest BCUT2D eigenvalue weighted by Gasteiger charge is 2.15. The van der Waals surface area contributed by atoms with Crippen LogP contribution in [0.1, 0.15) is 61.3 Å². The number of anilines is 1. The molecule has 2 rings (SSSR count). The van der Waals surface area contributed by atoms with Gasteiger partial charge in [-0.2, -0.15) is 0 Å². The van der Waals surface area contributed by atoms with Crippen molar-refractivity contribution >= 4 is 34.8 Å². The Kier molecular flexibility index (Phi) is 9.46. The van der Waals surface area contributed by atoms with E-state index in [-0.39, 0.29) is 23.0 Å². The quantitative estimate of drug-likeness (QED) is 0.544. The molecule has 0 saturated carbocycles. The summed E-state index contributed by atoms with van der Waals surface area (Å²) in [7, 11) is 0. The molecule has 0 aliphatic carbocycles. The van der Waals surface area contributed by atoms with E-state index in [1.165, 1.54) is 0 Å². The van der Waals surface area contributed by atoms with Gasteiger partial charge in [-0.1, -0.05) is 26.0 Å². The van der Waals surface area contributed by atoms with Gasteiger partial charge in [0.2, 0.25) is 0 Å². The summed E-state index contributed by atoms with van der Waals surface area (Å²) >= 11 is 5.29. The van der Waals surface area contributed by atoms with E-state index in [1.807, 2.05) is 18.7 Å². The summed E-state index contributed by atoms with van der Waals surface area (Å²) in [5.74, 6) is 0.275. The van der Waals surface area contributed by atoms with Crippen LogP contribution in [0.4, 0.5) is 5.69 Å². The number of thiocarbonyl (C=S) groups is 1. The summed E-state index contributed by atoms with van der Waals surface area (Å²) in [5, 5.41) is 5.81. The number of ether oxygens (including phenoxy) is 1. The molecule has 6 nitrogen and oxygen atoms in total. The van der Waals surface area contributed by atoms with Gasteiger partial charge in [0.1, 0.15) is 5.75 Å². The molecule has 2 amide bonds. The number of carbonyl (C=O) groups is 2. The summed E-state index contributed by atoms with van der Waals surface area (Å²) in [5.41, 5.74) is 1.67. The molecule has 2 aromatic rings. The Morgan fingerprint density at radius 1 is 1.00 bits per heavy atom. The summed E-state index contributed by atoms with van der Waals surface area (Å²) in [6.07, 6.45) is 1.83. The molecule has 166 valence electrons. The lowest BCUT2D eigenvalue weighted by atomic mass is 10.1. The molecule has 0 atom stereocenters. The second-order valence-corrected chi connectivity index (χ2v) is 7.88. The standard InChI is InChI=1S/C24H31N3O3S/c1-5-13-27(14-6-2)23(29)19-10-7-11-20(15-19)25-24(31)26-22(28)18-9-8-12-21(16-18)30-17(3)4/h7-12,15-17H,5-6,13-14H2,1-4H3,(H2,25,26,28,31). The maximum absolute atomic E-state index is 12.8. The average Bonchev–Trinajstić information content (AvgIpc) is 2.73. The van der Waals surface area contributed by atoms with Crippen LogP contribution in [0.25, 0.3) is 0 Å². The number of rotatable bonds is 9. The van der Waals surface area contributed by atoms with Crippen LogP contribution < -0.4 is 15.4 Å². The molecule has 2 aromatic carbocycles. The van der Waals surface area contributed by atoms with Crippen molar-refractivity contribution in [3.63, 3.8) is 0 Å². The third kappa shape index (κ3) is 7.68. The first kappa shape index (κ1) is 24.3. The predicted molar refractivity (Wildman–Crippen MR) is 129 cm³/mol. The van der Waals surface area contributed by atoms with Gasteiger partial charge in [0.05, 0.1) is 6.10 Å². The first-order valence-corrected chi connectivity index (χ1v) is 11.0. The van der Waals surface area contributed by atoms with Crippen molar-refractivity contribution in [2.24, 2.45) is 0 Å². The van der Waals surface area contributed by atoms with E-state index in [4.69, 9.17) is 17.0 Å². The first-order chi connectivity index (χ1) is 14.8. The Bertz CT molecular complexity index is 908. The molecule has 0 saturated heterocycles. The number of hydrogen-bond donors (Lipinski definition) is 2. The molecule has 31 heavy (non-hydrogen) atoms. The second kappa shape index (κ2) is 12.1. The van der Waals surface area contributed by atoms with Crippen molar-refractivity contribution in [2.45, 2.75) is 46.6 Å². The zero-order valence-corrected chi connectivity index (χ0v) is 19.4. The average molecular weight is 442 g/mol. The number of nitrogens with one attached hydrogen (secondary N) is 2. The highest BCUT2D eigenvalue weighted by molar-refractivity contribution is 7.80. The van der Waals surface area contributed by atoms with E-state index in [1.54, 1.807) is 48.5 Å². The molecule has 0 aromatic heterocycles. The highest BCUT2D eigenvalue weighted by atomic mass is 32.1. The maximum atomic E-state index is 12.8. The third-order valence-corrected chi connectivity index (χ3v) is 4.54. The highest BCUT2D eigenvalue weighted by Crippen LogP contribution is 2.16. The molecule has 0 aliphatic heterocycles. The van der Waals surface area contributed by atoms with E-state index < -0.39 is 0 Å². The van der Waals surface area contributed by atoms with Crippen LogP contribution in [0.15, 0.2) is 48.5 Å². The van der Waals surface area contributed by atoms with Gasteiger partial charge in [0, 0.05) is 29.9 Å². The van der Waals surface area contributed by atoms with Gasteiger partial charge < -0.3 is 15.0 Å². The molecule has 0 bridgehead atoms. The summed E-state index contributed by atoms with van der Waals surface area (Å²) in [6.45, 7) is 9.40. The van der Waals surface area contributed by atoms with Crippen LogP contribution in [0.2, 0.25) is 0 Å². The maximum Gasteiger partial charge on any atom is 0.257 e. The fourth-order valence-electron chi connectivity index (χ4n) is 3.09. The van der Waals surface area contributed by atoms with Gasteiger partial charge in [-0.05, 0) is 75.3 Å². The molecule has 0 radical (unpaired) electrons. The minimum Gasteiger partial charge on any atom is -0.491 e. The predicted octanol–water partition coefficient (Wildman–Crippen LogP) is 4.86. The SMILES string of the molecule is CCCN(CCC)C(=O)c1cccc(NC(=S)NC(=O)c2cccc(OC(C)C)c2)c1.